The fraction of sp³-hybridized carbons (Fsp3) is 0.0952. The van der Waals surface area contributed by atoms with Crippen LogP contribution in [0.25, 0.3) is 22.3 Å². The number of nitrogens with zero attached hydrogens (tertiary/aromatic N) is 3. The number of fused-ring (bicyclic) bond motifs is 1. The summed E-state index contributed by atoms with van der Waals surface area (Å²) in [6, 6.07) is 13.3. The van der Waals surface area contributed by atoms with Crippen molar-refractivity contribution in [1.29, 1.82) is 0 Å². The summed E-state index contributed by atoms with van der Waals surface area (Å²) >= 11 is 0. The number of aromatic carboxylic acids is 1. The van der Waals surface area contributed by atoms with Crippen molar-refractivity contribution in [2.75, 3.05) is 5.32 Å². The second kappa shape index (κ2) is 7.63. The van der Waals surface area contributed by atoms with Crippen molar-refractivity contribution < 1.29 is 27.8 Å². The van der Waals surface area contributed by atoms with E-state index in [1.54, 1.807) is 22.9 Å². The lowest BCUT2D eigenvalue weighted by Crippen LogP contribution is -2.16. The average Bonchev–Trinajstić information content (AvgIpc) is 3.08. The van der Waals surface area contributed by atoms with Crippen molar-refractivity contribution in [1.82, 2.24) is 14.5 Å². The lowest BCUT2D eigenvalue weighted by Gasteiger charge is -2.11. The molecule has 10 heteroatoms. The van der Waals surface area contributed by atoms with Crippen LogP contribution < -0.4 is 10.1 Å². The molecule has 0 aliphatic carbocycles. The average molecular weight is 428 g/mol. The third-order valence-corrected chi connectivity index (χ3v) is 4.47. The molecule has 2 N–H and O–H groups in total. The molecular formula is C21H15F3N4O3. The van der Waals surface area contributed by atoms with Gasteiger partial charge >= 0.3 is 12.3 Å². The largest absolute Gasteiger partial charge is 0.573 e. The topological polar surface area (TPSA) is 89.3 Å². The van der Waals surface area contributed by atoms with Gasteiger partial charge in [0.05, 0.1) is 11.3 Å². The van der Waals surface area contributed by atoms with Gasteiger partial charge in [-0.25, -0.2) is 9.78 Å². The molecule has 0 atom stereocenters. The lowest BCUT2D eigenvalue weighted by atomic mass is 10.1. The number of anilines is 2. The maximum Gasteiger partial charge on any atom is 0.573 e. The van der Waals surface area contributed by atoms with Crippen LogP contribution in [0.1, 0.15) is 10.4 Å². The molecule has 0 aliphatic rings. The SMILES string of the molecule is Cn1ccc2c(-c3ccc(OC(F)(F)F)cc3)nc(Nc3ccc(C(=O)O)cc3)nc21. The van der Waals surface area contributed by atoms with Gasteiger partial charge in [-0.2, -0.15) is 4.98 Å². The molecule has 0 aliphatic heterocycles. The molecule has 31 heavy (non-hydrogen) atoms. The van der Waals surface area contributed by atoms with Crippen LogP contribution in [0.15, 0.2) is 60.8 Å². The number of carboxylic acid groups (broad SMARTS) is 1. The van der Waals surface area contributed by atoms with Crippen LogP contribution >= 0.6 is 0 Å². The molecule has 0 fully saturated rings. The van der Waals surface area contributed by atoms with Crippen LogP contribution in [0.4, 0.5) is 24.8 Å². The number of aryl methyl sites for hydroxylation is 1. The Morgan fingerprint density at radius 1 is 1.03 bits per heavy atom. The van der Waals surface area contributed by atoms with Gasteiger partial charge in [0.1, 0.15) is 11.4 Å². The summed E-state index contributed by atoms with van der Waals surface area (Å²) in [4.78, 5) is 20.0. The molecule has 0 spiro atoms. The molecule has 0 radical (unpaired) electrons. The fourth-order valence-electron chi connectivity index (χ4n) is 3.05. The van der Waals surface area contributed by atoms with Crippen LogP contribution in [0.3, 0.4) is 0 Å². The second-order valence-corrected chi connectivity index (χ2v) is 6.64. The Labute approximate surface area is 173 Å². The number of rotatable bonds is 5. The Morgan fingerprint density at radius 3 is 2.32 bits per heavy atom. The normalized spacial score (nSPS) is 11.5. The molecule has 0 amide bonds. The van der Waals surface area contributed by atoms with Crippen molar-refractivity contribution in [3.8, 4) is 17.0 Å². The monoisotopic (exact) mass is 428 g/mol. The van der Waals surface area contributed by atoms with E-state index in [1.807, 2.05) is 13.1 Å². The van der Waals surface area contributed by atoms with Crippen molar-refractivity contribution in [3.05, 3.63) is 66.4 Å². The van der Waals surface area contributed by atoms with Crippen molar-refractivity contribution in [2.24, 2.45) is 7.05 Å². The molecule has 158 valence electrons. The maximum atomic E-state index is 12.4. The van der Waals surface area contributed by atoms with Gasteiger partial charge < -0.3 is 19.7 Å². The molecule has 7 nitrogen and oxygen atoms in total. The van der Waals surface area contributed by atoms with Gasteiger partial charge in [0.25, 0.3) is 0 Å². The van der Waals surface area contributed by atoms with E-state index in [-0.39, 0.29) is 17.3 Å². The summed E-state index contributed by atoms with van der Waals surface area (Å²) in [5.41, 5.74) is 2.45. The third-order valence-electron chi connectivity index (χ3n) is 4.47. The summed E-state index contributed by atoms with van der Waals surface area (Å²) in [5, 5.41) is 12.8. The fourth-order valence-corrected chi connectivity index (χ4v) is 3.05. The summed E-state index contributed by atoms with van der Waals surface area (Å²) in [6.07, 6.45) is -2.97. The molecule has 2 aromatic carbocycles. The van der Waals surface area contributed by atoms with Gasteiger partial charge in [0, 0.05) is 29.9 Å². The van der Waals surface area contributed by atoms with Gasteiger partial charge in [-0.3, -0.25) is 0 Å². The highest BCUT2D eigenvalue weighted by atomic mass is 19.4. The number of benzene rings is 2. The molecule has 2 heterocycles. The standard InChI is InChI=1S/C21H15F3N4O3/c1-28-11-10-16-17(12-4-8-15(9-5-12)31-21(22,23)24)26-20(27-18(16)28)25-14-6-2-13(3-7-14)19(29)30/h2-11H,1H3,(H,29,30)(H,25,26,27). The zero-order valence-electron chi connectivity index (χ0n) is 16.0. The molecule has 0 saturated heterocycles. The van der Waals surface area contributed by atoms with Gasteiger partial charge in [-0.15, -0.1) is 13.2 Å². The Balaban J connectivity index is 1.71. The quantitative estimate of drug-likeness (QED) is 0.466. The Hall–Kier alpha value is -4.08. The number of alkyl halides is 3. The first-order valence-corrected chi connectivity index (χ1v) is 8.99. The van der Waals surface area contributed by atoms with E-state index >= 15 is 0 Å². The van der Waals surface area contributed by atoms with Gasteiger partial charge in [0.2, 0.25) is 5.95 Å². The first-order chi connectivity index (χ1) is 14.7. The number of aromatic nitrogens is 3. The minimum absolute atomic E-state index is 0.145. The van der Waals surface area contributed by atoms with Gasteiger partial charge in [-0.1, -0.05) is 0 Å². The highest BCUT2D eigenvalue weighted by molar-refractivity contribution is 5.92. The number of hydrogen-bond acceptors (Lipinski definition) is 5. The lowest BCUT2D eigenvalue weighted by molar-refractivity contribution is -0.274. The first kappa shape index (κ1) is 20.2. The number of carbonyl (C=O) groups is 1. The summed E-state index contributed by atoms with van der Waals surface area (Å²) in [5.74, 6) is -1.11. The van der Waals surface area contributed by atoms with Crippen LogP contribution in [-0.4, -0.2) is 32.0 Å². The van der Waals surface area contributed by atoms with Crippen molar-refractivity contribution >= 4 is 28.6 Å². The highest BCUT2D eigenvalue weighted by Gasteiger charge is 2.31. The summed E-state index contributed by atoms with van der Waals surface area (Å²) in [6.45, 7) is 0. The van der Waals surface area contributed by atoms with E-state index in [0.717, 1.165) is 5.39 Å². The number of ether oxygens (including phenoxy) is 1. The highest BCUT2D eigenvalue weighted by Crippen LogP contribution is 2.31. The Kier molecular flexibility index (Phi) is 4.97. The minimum Gasteiger partial charge on any atom is -0.478 e. The van der Waals surface area contributed by atoms with E-state index in [2.05, 4.69) is 20.0 Å². The van der Waals surface area contributed by atoms with E-state index in [4.69, 9.17) is 5.11 Å². The predicted molar refractivity (Wildman–Crippen MR) is 107 cm³/mol. The summed E-state index contributed by atoms with van der Waals surface area (Å²) in [7, 11) is 1.81. The zero-order chi connectivity index (χ0) is 22.2. The van der Waals surface area contributed by atoms with Crippen LogP contribution in [-0.2, 0) is 7.05 Å². The maximum absolute atomic E-state index is 12.4. The second-order valence-electron chi connectivity index (χ2n) is 6.64. The molecular weight excluding hydrogens is 413 g/mol. The number of halogens is 3. The molecule has 4 rings (SSSR count). The minimum atomic E-state index is -4.77. The van der Waals surface area contributed by atoms with Crippen LogP contribution in [0, 0.1) is 0 Å². The molecule has 0 bridgehead atoms. The van der Waals surface area contributed by atoms with Crippen molar-refractivity contribution in [2.45, 2.75) is 6.36 Å². The van der Waals surface area contributed by atoms with Gasteiger partial charge in [-0.05, 0) is 54.6 Å². The summed E-state index contributed by atoms with van der Waals surface area (Å²) < 4.78 is 43.0. The van der Waals surface area contributed by atoms with Crippen LogP contribution in [0.5, 0.6) is 5.75 Å². The molecule has 0 unspecified atom stereocenters. The smallest absolute Gasteiger partial charge is 0.478 e. The molecule has 0 saturated carbocycles. The molecule has 4 aromatic rings. The van der Waals surface area contributed by atoms with Crippen molar-refractivity contribution in [3.63, 3.8) is 0 Å². The number of carboxylic acids is 1. The number of nitrogens with one attached hydrogen (secondary N) is 1. The van der Waals surface area contributed by atoms with E-state index < -0.39 is 12.3 Å². The predicted octanol–water partition coefficient (Wildman–Crippen LogP) is 4.98. The zero-order valence-corrected chi connectivity index (χ0v) is 16.0. The van der Waals surface area contributed by atoms with E-state index in [1.165, 1.54) is 36.4 Å². The van der Waals surface area contributed by atoms with E-state index in [9.17, 15) is 18.0 Å². The van der Waals surface area contributed by atoms with Crippen LogP contribution in [0.2, 0.25) is 0 Å². The van der Waals surface area contributed by atoms with Gasteiger partial charge in [0.15, 0.2) is 0 Å². The number of hydrogen-bond donors (Lipinski definition) is 2. The molecule has 2 aromatic heterocycles. The van der Waals surface area contributed by atoms with E-state index in [0.29, 0.717) is 22.6 Å². The Morgan fingerprint density at radius 2 is 1.71 bits per heavy atom. The first-order valence-electron chi connectivity index (χ1n) is 8.99. The Bertz CT molecular complexity index is 1250. The third kappa shape index (κ3) is 4.42.